The van der Waals surface area contributed by atoms with Gasteiger partial charge >= 0.3 is 0 Å². The van der Waals surface area contributed by atoms with E-state index in [9.17, 15) is 13.2 Å². The van der Waals surface area contributed by atoms with Gasteiger partial charge in [-0.05, 0) is 20.3 Å². The number of hydrogen-bond acceptors (Lipinski definition) is 5. The number of aromatic nitrogens is 4. The number of hydrogen-bond donors (Lipinski definition) is 0. The Balaban J connectivity index is 2.00. The first-order valence-electron chi connectivity index (χ1n) is 7.42. The topological polar surface area (TPSA) is 90.1 Å². The summed E-state index contributed by atoms with van der Waals surface area (Å²) in [4.78, 5) is 16.6. The molecule has 0 unspecified atom stereocenters. The van der Waals surface area contributed by atoms with E-state index in [1.165, 1.54) is 26.1 Å². The first kappa shape index (κ1) is 15.9. The molecule has 2 aromatic rings. The van der Waals surface area contributed by atoms with Crippen molar-refractivity contribution in [2.24, 2.45) is 7.05 Å². The highest BCUT2D eigenvalue weighted by Crippen LogP contribution is 2.24. The van der Waals surface area contributed by atoms with E-state index in [2.05, 4.69) is 10.1 Å². The van der Waals surface area contributed by atoms with Crippen molar-refractivity contribution in [3.05, 3.63) is 39.7 Å². The van der Waals surface area contributed by atoms with E-state index < -0.39 is 10.0 Å². The van der Waals surface area contributed by atoms with E-state index in [0.717, 1.165) is 0 Å². The lowest BCUT2D eigenvalue weighted by molar-refractivity contribution is 0.376. The Morgan fingerprint density at radius 1 is 1.35 bits per heavy atom. The fraction of sp³-hybridized carbons (Fsp3) is 0.500. The summed E-state index contributed by atoms with van der Waals surface area (Å²) in [5.74, 6) is 0. The summed E-state index contributed by atoms with van der Waals surface area (Å²) in [6.07, 6.45) is 3.38. The Hall–Kier alpha value is -2.00. The van der Waals surface area contributed by atoms with Crippen molar-refractivity contribution in [2.45, 2.75) is 38.4 Å². The van der Waals surface area contributed by atoms with Gasteiger partial charge in [-0.3, -0.25) is 14.0 Å². The van der Waals surface area contributed by atoms with Crippen LogP contribution in [0.4, 0.5) is 0 Å². The Morgan fingerprint density at radius 3 is 2.70 bits per heavy atom. The summed E-state index contributed by atoms with van der Waals surface area (Å²) in [7, 11) is -2.06. The van der Waals surface area contributed by atoms with Gasteiger partial charge in [-0.15, -0.1) is 0 Å². The molecular formula is C14H19N5O3S. The van der Waals surface area contributed by atoms with Gasteiger partial charge in [-0.25, -0.2) is 13.4 Å². The van der Waals surface area contributed by atoms with Crippen LogP contribution >= 0.6 is 0 Å². The van der Waals surface area contributed by atoms with Crippen LogP contribution in [0.5, 0.6) is 0 Å². The Labute approximate surface area is 134 Å². The minimum absolute atomic E-state index is 0.0775. The van der Waals surface area contributed by atoms with E-state index in [1.54, 1.807) is 14.0 Å². The molecule has 0 fully saturated rings. The fourth-order valence-corrected chi connectivity index (χ4v) is 4.60. The quantitative estimate of drug-likeness (QED) is 0.789. The molecule has 0 N–H and O–H groups in total. The van der Waals surface area contributed by atoms with Gasteiger partial charge < -0.3 is 0 Å². The molecule has 0 saturated carbocycles. The molecule has 0 bridgehead atoms. The van der Waals surface area contributed by atoms with Gasteiger partial charge in [-0.2, -0.15) is 9.40 Å². The van der Waals surface area contributed by atoms with Crippen LogP contribution in [0.1, 0.15) is 23.7 Å². The molecule has 0 aliphatic carbocycles. The zero-order valence-electron chi connectivity index (χ0n) is 13.4. The Morgan fingerprint density at radius 2 is 2.09 bits per heavy atom. The number of aryl methyl sites for hydroxylation is 3. The van der Waals surface area contributed by atoms with Gasteiger partial charge in [-0.1, -0.05) is 0 Å². The molecule has 0 amide bonds. The molecule has 23 heavy (non-hydrogen) atoms. The van der Waals surface area contributed by atoms with Crippen LogP contribution in [0.15, 0.2) is 22.3 Å². The van der Waals surface area contributed by atoms with E-state index in [-0.39, 0.29) is 23.7 Å². The molecule has 0 spiro atoms. The lowest BCUT2D eigenvalue weighted by Crippen LogP contribution is -2.40. The number of nitrogens with zero attached hydrogens (tertiary/aromatic N) is 5. The lowest BCUT2D eigenvalue weighted by Gasteiger charge is -2.27. The predicted molar refractivity (Wildman–Crippen MR) is 83.4 cm³/mol. The van der Waals surface area contributed by atoms with E-state index >= 15 is 0 Å². The molecule has 0 atom stereocenters. The number of fused-ring (bicyclic) bond motifs is 1. The van der Waals surface area contributed by atoms with Crippen LogP contribution in [0.3, 0.4) is 0 Å². The third-order valence-corrected chi connectivity index (χ3v) is 6.20. The molecule has 0 radical (unpaired) electrons. The largest absolute Gasteiger partial charge is 0.299 e. The first-order chi connectivity index (χ1) is 10.9. The third kappa shape index (κ3) is 2.49. The van der Waals surface area contributed by atoms with Gasteiger partial charge in [0.2, 0.25) is 0 Å². The standard InChI is InChI=1S/C14H19N5O3S/c1-4-18-9-15-12-8-19(6-5-11(12)13(18)20)23(21,22)14-10(2)7-16-17(14)3/h7,9H,4-6,8H2,1-3H3. The highest BCUT2D eigenvalue weighted by molar-refractivity contribution is 7.89. The number of sulfonamides is 1. The molecule has 1 aliphatic heterocycles. The molecule has 0 aromatic carbocycles. The average Bonchev–Trinajstić information content (AvgIpc) is 2.87. The van der Waals surface area contributed by atoms with Gasteiger partial charge in [0.25, 0.3) is 15.6 Å². The smallest absolute Gasteiger partial charge is 0.260 e. The predicted octanol–water partition coefficient (Wildman–Crippen LogP) is 0.0521. The van der Waals surface area contributed by atoms with Crippen molar-refractivity contribution < 1.29 is 8.42 Å². The summed E-state index contributed by atoms with van der Waals surface area (Å²) in [6, 6.07) is 0. The molecule has 1 aliphatic rings. The Bertz CT molecular complexity index is 893. The zero-order valence-corrected chi connectivity index (χ0v) is 14.2. The maximum absolute atomic E-state index is 12.9. The molecule has 3 rings (SSSR count). The number of rotatable bonds is 3. The summed E-state index contributed by atoms with van der Waals surface area (Å²) in [6.45, 7) is 4.53. The zero-order chi connectivity index (χ0) is 16.8. The average molecular weight is 337 g/mol. The van der Waals surface area contributed by atoms with Crippen LogP contribution < -0.4 is 5.56 Å². The van der Waals surface area contributed by atoms with Crippen molar-refractivity contribution in [2.75, 3.05) is 6.54 Å². The SMILES string of the molecule is CCn1cnc2c(c1=O)CCN(S(=O)(=O)c1c(C)cnn1C)C2. The molecule has 3 heterocycles. The summed E-state index contributed by atoms with van der Waals surface area (Å²) in [5.41, 5.74) is 1.68. The van der Waals surface area contributed by atoms with Gasteiger partial charge in [0.15, 0.2) is 5.03 Å². The Kier molecular flexibility index (Phi) is 3.85. The van der Waals surface area contributed by atoms with Crippen molar-refractivity contribution in [1.82, 2.24) is 23.6 Å². The van der Waals surface area contributed by atoms with Gasteiger partial charge in [0.1, 0.15) is 0 Å². The van der Waals surface area contributed by atoms with E-state index in [0.29, 0.717) is 29.8 Å². The maximum Gasteiger partial charge on any atom is 0.260 e. The second-order valence-corrected chi connectivity index (χ2v) is 7.46. The van der Waals surface area contributed by atoms with Crippen molar-refractivity contribution in [3.63, 3.8) is 0 Å². The lowest BCUT2D eigenvalue weighted by atomic mass is 10.1. The second-order valence-electron chi connectivity index (χ2n) is 5.61. The molecule has 9 heteroatoms. The van der Waals surface area contributed by atoms with Gasteiger partial charge in [0, 0.05) is 31.3 Å². The minimum Gasteiger partial charge on any atom is -0.299 e. The molecule has 2 aromatic heterocycles. The molecule has 8 nitrogen and oxygen atoms in total. The van der Waals surface area contributed by atoms with Crippen molar-refractivity contribution in [1.29, 1.82) is 0 Å². The molecular weight excluding hydrogens is 318 g/mol. The van der Waals surface area contributed by atoms with Crippen LogP contribution in [-0.4, -0.2) is 38.6 Å². The summed E-state index contributed by atoms with van der Waals surface area (Å²) < 4.78 is 30.0. The highest BCUT2D eigenvalue weighted by atomic mass is 32.2. The summed E-state index contributed by atoms with van der Waals surface area (Å²) >= 11 is 0. The third-order valence-electron chi connectivity index (χ3n) is 4.14. The highest BCUT2D eigenvalue weighted by Gasteiger charge is 2.33. The second kappa shape index (κ2) is 5.57. The van der Waals surface area contributed by atoms with Crippen molar-refractivity contribution >= 4 is 10.0 Å². The monoisotopic (exact) mass is 337 g/mol. The van der Waals surface area contributed by atoms with Crippen LogP contribution in [0, 0.1) is 6.92 Å². The molecule has 124 valence electrons. The normalized spacial score (nSPS) is 15.6. The van der Waals surface area contributed by atoms with Gasteiger partial charge in [0.05, 0.1) is 24.8 Å². The first-order valence-corrected chi connectivity index (χ1v) is 8.86. The van der Waals surface area contributed by atoms with E-state index in [4.69, 9.17) is 0 Å². The van der Waals surface area contributed by atoms with Crippen LogP contribution in [-0.2, 0) is 36.6 Å². The fourth-order valence-electron chi connectivity index (χ4n) is 2.90. The summed E-state index contributed by atoms with van der Waals surface area (Å²) in [5, 5.41) is 4.18. The molecule has 0 saturated heterocycles. The van der Waals surface area contributed by atoms with Crippen LogP contribution in [0.25, 0.3) is 0 Å². The maximum atomic E-state index is 12.9. The van der Waals surface area contributed by atoms with Crippen LogP contribution in [0.2, 0.25) is 0 Å². The van der Waals surface area contributed by atoms with Crippen molar-refractivity contribution in [3.8, 4) is 0 Å². The minimum atomic E-state index is -3.67. The van der Waals surface area contributed by atoms with E-state index in [1.807, 2.05) is 6.92 Å².